The van der Waals surface area contributed by atoms with Crippen molar-refractivity contribution in [3.63, 3.8) is 0 Å². The number of nitrogens with zero attached hydrogens (tertiary/aromatic N) is 4. The lowest BCUT2D eigenvalue weighted by Crippen LogP contribution is -2.19. The van der Waals surface area contributed by atoms with Crippen molar-refractivity contribution in [1.29, 1.82) is 0 Å². The number of anilines is 1. The van der Waals surface area contributed by atoms with E-state index in [1.807, 2.05) is 6.92 Å². The Labute approximate surface area is 103 Å². The molecular weight excluding hydrogens is 236 g/mol. The number of hydrogen-bond acceptors (Lipinski definition) is 5. The minimum Gasteiger partial charge on any atom is -0.390 e. The van der Waals surface area contributed by atoms with Crippen LogP contribution in [0, 0.1) is 13.8 Å². The molecule has 1 amide bonds. The Morgan fingerprint density at radius 2 is 2.33 bits per heavy atom. The first-order valence-corrected chi connectivity index (χ1v) is 5.41. The second kappa shape index (κ2) is 4.96. The van der Waals surface area contributed by atoms with Crippen LogP contribution in [0.4, 0.5) is 5.69 Å². The Balaban J connectivity index is 2.01. The van der Waals surface area contributed by atoms with E-state index in [1.165, 1.54) is 10.9 Å². The van der Waals surface area contributed by atoms with E-state index in [0.717, 1.165) is 11.4 Å². The highest BCUT2D eigenvalue weighted by Gasteiger charge is 2.11. The normalized spacial score (nSPS) is 10.6. The van der Waals surface area contributed by atoms with E-state index in [2.05, 4.69) is 25.8 Å². The van der Waals surface area contributed by atoms with Crippen LogP contribution in [0.1, 0.15) is 17.1 Å². The van der Waals surface area contributed by atoms with Crippen LogP contribution in [-0.4, -0.2) is 36.2 Å². The molecule has 2 rings (SSSR count). The lowest BCUT2D eigenvalue weighted by atomic mass is 10.3. The molecule has 0 radical (unpaired) electrons. The number of aliphatic hydroxyl groups excluding tert-OH is 1. The van der Waals surface area contributed by atoms with Crippen molar-refractivity contribution in [2.75, 3.05) is 5.32 Å². The summed E-state index contributed by atoms with van der Waals surface area (Å²) in [6, 6.07) is 0. The smallest absolute Gasteiger partial charge is 0.246 e. The fourth-order valence-corrected chi connectivity index (χ4v) is 1.55. The predicted octanol–water partition coefficient (Wildman–Crippen LogP) is -0.251. The summed E-state index contributed by atoms with van der Waals surface area (Å²) < 4.78 is 1.37. The van der Waals surface area contributed by atoms with Gasteiger partial charge < -0.3 is 10.4 Å². The maximum Gasteiger partial charge on any atom is 0.246 e. The van der Waals surface area contributed by atoms with Crippen molar-refractivity contribution >= 4 is 11.6 Å². The number of amides is 1. The van der Waals surface area contributed by atoms with Gasteiger partial charge in [0.05, 0.1) is 29.9 Å². The van der Waals surface area contributed by atoms with Crippen LogP contribution in [0.2, 0.25) is 0 Å². The predicted molar refractivity (Wildman–Crippen MR) is 62.6 cm³/mol. The third kappa shape index (κ3) is 2.54. The number of rotatable bonds is 4. The number of nitrogens with one attached hydrogen (secondary N) is 2. The van der Waals surface area contributed by atoms with Gasteiger partial charge in [-0.1, -0.05) is 5.21 Å². The van der Waals surface area contributed by atoms with Crippen LogP contribution in [0.25, 0.3) is 0 Å². The molecule has 8 heteroatoms. The maximum absolute atomic E-state index is 11.8. The molecule has 0 bridgehead atoms. The van der Waals surface area contributed by atoms with Crippen molar-refractivity contribution in [2.24, 2.45) is 0 Å². The first-order valence-electron chi connectivity index (χ1n) is 5.41. The molecule has 0 aliphatic rings. The van der Waals surface area contributed by atoms with Gasteiger partial charge in [-0.05, 0) is 13.8 Å². The summed E-state index contributed by atoms with van der Waals surface area (Å²) in [5.41, 5.74) is 2.65. The van der Waals surface area contributed by atoms with E-state index < -0.39 is 0 Å². The summed E-state index contributed by atoms with van der Waals surface area (Å²) in [7, 11) is 0. The summed E-state index contributed by atoms with van der Waals surface area (Å²) >= 11 is 0. The molecule has 3 N–H and O–H groups in total. The van der Waals surface area contributed by atoms with E-state index >= 15 is 0 Å². The number of aryl methyl sites for hydroxylation is 2. The summed E-state index contributed by atoms with van der Waals surface area (Å²) in [6.45, 7) is 3.48. The maximum atomic E-state index is 11.8. The summed E-state index contributed by atoms with van der Waals surface area (Å²) in [4.78, 5) is 11.8. The third-order valence-electron chi connectivity index (χ3n) is 2.45. The molecule has 2 heterocycles. The van der Waals surface area contributed by atoms with E-state index in [4.69, 9.17) is 5.11 Å². The molecular formula is C10H14N6O2. The molecule has 0 aliphatic heterocycles. The minimum atomic E-state index is -0.225. The molecule has 96 valence electrons. The van der Waals surface area contributed by atoms with E-state index in [0.29, 0.717) is 11.4 Å². The Morgan fingerprint density at radius 1 is 1.56 bits per heavy atom. The molecule has 8 nitrogen and oxygen atoms in total. The van der Waals surface area contributed by atoms with Crippen molar-refractivity contribution < 1.29 is 9.90 Å². The largest absolute Gasteiger partial charge is 0.390 e. The van der Waals surface area contributed by atoms with E-state index in [1.54, 1.807) is 6.92 Å². The lowest BCUT2D eigenvalue weighted by molar-refractivity contribution is -0.116. The molecule has 18 heavy (non-hydrogen) atoms. The van der Waals surface area contributed by atoms with Gasteiger partial charge in [-0.15, -0.1) is 5.10 Å². The van der Waals surface area contributed by atoms with Crippen molar-refractivity contribution in [1.82, 2.24) is 25.2 Å². The highest BCUT2D eigenvalue weighted by molar-refractivity contribution is 5.91. The molecule has 0 saturated carbocycles. The number of aromatic amines is 1. The zero-order valence-electron chi connectivity index (χ0n) is 10.1. The van der Waals surface area contributed by atoms with Crippen LogP contribution in [0.5, 0.6) is 0 Å². The zero-order chi connectivity index (χ0) is 13.1. The highest BCUT2D eigenvalue weighted by atomic mass is 16.3. The van der Waals surface area contributed by atoms with Crippen LogP contribution < -0.4 is 5.32 Å². The molecule has 0 atom stereocenters. The molecule has 0 saturated heterocycles. The Morgan fingerprint density at radius 3 is 2.89 bits per heavy atom. The molecule has 2 aromatic heterocycles. The van der Waals surface area contributed by atoms with Crippen LogP contribution >= 0.6 is 0 Å². The van der Waals surface area contributed by atoms with Gasteiger partial charge in [-0.25, -0.2) is 4.68 Å². The fraction of sp³-hybridized carbons (Fsp3) is 0.400. The second-order valence-corrected chi connectivity index (χ2v) is 3.92. The van der Waals surface area contributed by atoms with Crippen LogP contribution in [0.3, 0.4) is 0 Å². The number of hydrogen-bond donors (Lipinski definition) is 3. The van der Waals surface area contributed by atoms with Gasteiger partial charge >= 0.3 is 0 Å². The molecule has 0 aliphatic carbocycles. The standard InChI is InChI=1S/C10H14N6O2/c1-6-10(7(2)13-12-6)11-9(18)4-16-3-8(5-17)14-15-16/h3,17H,4-5H2,1-2H3,(H,11,18)(H,12,13). The highest BCUT2D eigenvalue weighted by Crippen LogP contribution is 2.15. The molecule has 0 fully saturated rings. The number of H-pyrrole nitrogens is 1. The van der Waals surface area contributed by atoms with Gasteiger partial charge in [0.25, 0.3) is 0 Å². The van der Waals surface area contributed by atoms with Crippen LogP contribution in [0.15, 0.2) is 6.20 Å². The van der Waals surface area contributed by atoms with Crippen molar-refractivity contribution in [2.45, 2.75) is 27.0 Å². The molecule has 0 unspecified atom stereocenters. The van der Waals surface area contributed by atoms with E-state index in [-0.39, 0.29) is 19.1 Å². The Bertz CT molecular complexity index is 539. The second-order valence-electron chi connectivity index (χ2n) is 3.92. The zero-order valence-corrected chi connectivity index (χ0v) is 10.1. The quantitative estimate of drug-likeness (QED) is 0.693. The van der Waals surface area contributed by atoms with Crippen molar-refractivity contribution in [3.8, 4) is 0 Å². The number of aromatic nitrogens is 5. The monoisotopic (exact) mass is 250 g/mol. The number of carbonyl (C=O) groups excluding carboxylic acids is 1. The average molecular weight is 250 g/mol. The molecule has 0 spiro atoms. The van der Waals surface area contributed by atoms with E-state index in [9.17, 15) is 4.79 Å². The number of aliphatic hydroxyl groups is 1. The topological polar surface area (TPSA) is 109 Å². The van der Waals surface area contributed by atoms with Gasteiger partial charge in [0.15, 0.2) is 0 Å². The first kappa shape index (κ1) is 12.2. The number of carbonyl (C=O) groups is 1. The molecule has 2 aromatic rings. The SMILES string of the molecule is Cc1n[nH]c(C)c1NC(=O)Cn1cc(CO)nn1. The van der Waals surface area contributed by atoms with Gasteiger partial charge in [0.2, 0.25) is 5.91 Å². The van der Waals surface area contributed by atoms with Gasteiger partial charge in [0, 0.05) is 0 Å². The fourth-order valence-electron chi connectivity index (χ4n) is 1.55. The lowest BCUT2D eigenvalue weighted by Gasteiger charge is -2.04. The van der Waals surface area contributed by atoms with Crippen molar-refractivity contribution in [3.05, 3.63) is 23.3 Å². The minimum absolute atomic E-state index is 0.0387. The third-order valence-corrected chi connectivity index (χ3v) is 2.45. The Hall–Kier alpha value is -2.22. The summed E-state index contributed by atoms with van der Waals surface area (Å²) in [5, 5.41) is 25.8. The van der Waals surface area contributed by atoms with Crippen LogP contribution in [-0.2, 0) is 17.9 Å². The first-order chi connectivity index (χ1) is 8.60. The van der Waals surface area contributed by atoms with Gasteiger partial charge in [-0.2, -0.15) is 5.10 Å². The van der Waals surface area contributed by atoms with Gasteiger partial charge in [-0.3, -0.25) is 9.89 Å². The summed E-state index contributed by atoms with van der Waals surface area (Å²) in [5.74, 6) is -0.225. The Kier molecular flexibility index (Phi) is 3.38. The van der Waals surface area contributed by atoms with Gasteiger partial charge in [0.1, 0.15) is 12.2 Å². The summed E-state index contributed by atoms with van der Waals surface area (Å²) in [6.07, 6.45) is 1.52. The molecule has 0 aromatic carbocycles. The average Bonchev–Trinajstić information content (AvgIpc) is 2.91.